The minimum Gasteiger partial charge on any atom is -0.0625 e. The predicted octanol–water partition coefficient (Wildman–Crippen LogP) is 13.3. The fourth-order valence-electron chi connectivity index (χ4n) is 12.0. The van der Waals surface area contributed by atoms with E-state index in [1.165, 1.54) is 75.3 Å². The van der Waals surface area contributed by atoms with Crippen LogP contribution in [0.3, 0.4) is 0 Å². The molecule has 4 fully saturated rings. The van der Waals surface area contributed by atoms with Gasteiger partial charge in [-0.05, 0) is 155 Å². The molecule has 2 aromatic rings. The van der Waals surface area contributed by atoms with Gasteiger partial charge in [-0.2, -0.15) is 0 Å². The maximum Gasteiger partial charge on any atom is -0.0131 e. The largest absolute Gasteiger partial charge is 0.0625 e. The second kappa shape index (κ2) is 13.4. The van der Waals surface area contributed by atoms with Gasteiger partial charge in [-0.15, -0.1) is 0 Å². The summed E-state index contributed by atoms with van der Waals surface area (Å²) in [5.41, 5.74) is 6.72. The Balaban J connectivity index is 1.19. The molecule has 0 nitrogen and oxygen atoms in total. The average molecular weight is 623 g/mol. The first kappa shape index (κ1) is 34.3. The SMILES string of the molecule is CC(C)C1CC2C(c3ccc(C(C)(C)C)cc3)CCCC2C1CCC1C(C(C)C)CC2C(c3ccc(C(C)(C)C)cc3)CCCC21. The van der Waals surface area contributed by atoms with E-state index in [1.807, 2.05) is 0 Å². The lowest BCUT2D eigenvalue weighted by molar-refractivity contribution is 0.136. The molecular formula is C46H70. The average Bonchev–Trinajstić information content (AvgIpc) is 3.58. The first-order chi connectivity index (χ1) is 21.7. The van der Waals surface area contributed by atoms with Gasteiger partial charge in [-0.1, -0.05) is 131 Å². The van der Waals surface area contributed by atoms with Gasteiger partial charge in [-0.25, -0.2) is 0 Å². The van der Waals surface area contributed by atoms with Crippen LogP contribution in [0.5, 0.6) is 0 Å². The van der Waals surface area contributed by atoms with E-state index in [2.05, 4.69) is 118 Å². The van der Waals surface area contributed by atoms with Crippen LogP contribution in [0.4, 0.5) is 0 Å². The Kier molecular flexibility index (Phi) is 9.99. The highest BCUT2D eigenvalue weighted by Gasteiger charge is 2.51. The van der Waals surface area contributed by atoms with Crippen LogP contribution in [-0.4, -0.2) is 0 Å². The Morgan fingerprint density at radius 3 is 1.15 bits per heavy atom. The summed E-state index contributed by atoms with van der Waals surface area (Å²) in [5, 5.41) is 0. The second-order valence-corrected chi connectivity index (χ2v) is 19.7. The zero-order chi connectivity index (χ0) is 33.0. The summed E-state index contributed by atoms with van der Waals surface area (Å²) in [7, 11) is 0. The molecule has 4 aliphatic rings. The lowest BCUT2D eigenvalue weighted by atomic mass is 9.66. The van der Waals surface area contributed by atoms with Gasteiger partial charge in [0.2, 0.25) is 0 Å². The summed E-state index contributed by atoms with van der Waals surface area (Å²) in [6, 6.07) is 19.9. The lowest BCUT2D eigenvalue weighted by Gasteiger charge is -2.39. The fraction of sp³-hybridized carbons (Fsp3) is 0.739. The van der Waals surface area contributed by atoms with Crippen LogP contribution in [0.15, 0.2) is 48.5 Å². The fourth-order valence-corrected chi connectivity index (χ4v) is 12.0. The van der Waals surface area contributed by atoms with E-state index in [9.17, 15) is 0 Å². The second-order valence-electron chi connectivity index (χ2n) is 19.7. The molecule has 0 aromatic heterocycles. The number of rotatable bonds is 7. The molecule has 4 saturated carbocycles. The molecule has 0 spiro atoms. The van der Waals surface area contributed by atoms with E-state index in [-0.39, 0.29) is 10.8 Å². The van der Waals surface area contributed by atoms with Crippen molar-refractivity contribution in [3.05, 3.63) is 70.8 Å². The van der Waals surface area contributed by atoms with Crippen molar-refractivity contribution in [2.24, 2.45) is 59.2 Å². The van der Waals surface area contributed by atoms with Crippen LogP contribution < -0.4 is 0 Å². The van der Waals surface area contributed by atoms with Crippen molar-refractivity contribution in [1.29, 1.82) is 0 Å². The smallest absolute Gasteiger partial charge is 0.0131 e. The third-order valence-electron chi connectivity index (χ3n) is 14.5. The number of hydrogen-bond acceptors (Lipinski definition) is 0. The number of hydrogen-bond donors (Lipinski definition) is 0. The highest BCUT2D eigenvalue weighted by Crippen LogP contribution is 2.61. The molecule has 10 atom stereocenters. The quantitative estimate of drug-likeness (QED) is 0.288. The maximum absolute atomic E-state index is 2.56. The molecule has 0 heteroatoms. The molecule has 46 heavy (non-hydrogen) atoms. The molecule has 0 saturated heterocycles. The van der Waals surface area contributed by atoms with Crippen molar-refractivity contribution in [3.63, 3.8) is 0 Å². The van der Waals surface area contributed by atoms with Gasteiger partial charge in [0.1, 0.15) is 0 Å². The van der Waals surface area contributed by atoms with E-state index in [0.29, 0.717) is 0 Å². The third kappa shape index (κ3) is 6.81. The van der Waals surface area contributed by atoms with Gasteiger partial charge in [0.05, 0.1) is 0 Å². The predicted molar refractivity (Wildman–Crippen MR) is 200 cm³/mol. The van der Waals surface area contributed by atoms with Crippen LogP contribution in [0.1, 0.15) is 168 Å². The molecular weight excluding hydrogens is 553 g/mol. The summed E-state index contributed by atoms with van der Waals surface area (Å²) in [6.45, 7) is 24.3. The first-order valence-electron chi connectivity index (χ1n) is 19.9. The van der Waals surface area contributed by atoms with E-state index >= 15 is 0 Å². The molecule has 2 aromatic carbocycles. The molecule has 10 unspecified atom stereocenters. The summed E-state index contributed by atoms with van der Waals surface area (Å²) in [5.74, 6) is 10.6. The van der Waals surface area contributed by atoms with Gasteiger partial charge in [-0.3, -0.25) is 0 Å². The van der Waals surface area contributed by atoms with Crippen molar-refractivity contribution >= 4 is 0 Å². The number of fused-ring (bicyclic) bond motifs is 2. The third-order valence-corrected chi connectivity index (χ3v) is 14.5. The van der Waals surface area contributed by atoms with Crippen LogP contribution in [0, 0.1) is 59.2 Å². The van der Waals surface area contributed by atoms with Gasteiger partial charge >= 0.3 is 0 Å². The van der Waals surface area contributed by atoms with E-state index < -0.39 is 0 Å². The molecule has 0 bridgehead atoms. The monoisotopic (exact) mass is 623 g/mol. The highest BCUT2D eigenvalue weighted by molar-refractivity contribution is 5.32. The van der Waals surface area contributed by atoms with Crippen molar-refractivity contribution in [1.82, 2.24) is 0 Å². The van der Waals surface area contributed by atoms with Gasteiger partial charge in [0.25, 0.3) is 0 Å². The van der Waals surface area contributed by atoms with E-state index in [0.717, 1.165) is 71.0 Å². The Hall–Kier alpha value is -1.56. The Morgan fingerprint density at radius 1 is 0.500 bits per heavy atom. The van der Waals surface area contributed by atoms with Gasteiger partial charge < -0.3 is 0 Å². The van der Waals surface area contributed by atoms with E-state index in [4.69, 9.17) is 0 Å². The van der Waals surface area contributed by atoms with Crippen LogP contribution in [-0.2, 0) is 10.8 Å². The van der Waals surface area contributed by atoms with Gasteiger partial charge in [0, 0.05) is 0 Å². The maximum atomic E-state index is 2.56. The minimum absolute atomic E-state index is 0.233. The van der Waals surface area contributed by atoms with Crippen molar-refractivity contribution in [3.8, 4) is 0 Å². The normalized spacial score (nSPS) is 35.0. The standard InChI is InChI=1S/C46H70/c1-29(2)41-27-43-35(31-17-21-33(22-18-31)45(5,6)7)13-11-15-37(43)39(41)25-26-40-38-16-12-14-36(44(38)28-42(40)30(3)4)32-19-23-34(24-20-32)46(8,9)10/h17-24,29-30,35-44H,11-16,25-28H2,1-10H3. The Bertz CT molecular complexity index is 1160. The zero-order valence-corrected chi connectivity index (χ0v) is 31.6. The van der Waals surface area contributed by atoms with Crippen LogP contribution in [0.25, 0.3) is 0 Å². The van der Waals surface area contributed by atoms with Gasteiger partial charge in [0.15, 0.2) is 0 Å². The highest BCUT2D eigenvalue weighted by atomic mass is 14.6. The molecule has 0 radical (unpaired) electrons. The van der Waals surface area contributed by atoms with Crippen LogP contribution in [0.2, 0.25) is 0 Å². The lowest BCUT2D eigenvalue weighted by Crippen LogP contribution is -2.29. The summed E-state index contributed by atoms with van der Waals surface area (Å²) >= 11 is 0. The summed E-state index contributed by atoms with van der Waals surface area (Å²) < 4.78 is 0. The molecule has 4 aliphatic carbocycles. The van der Waals surface area contributed by atoms with Crippen molar-refractivity contribution in [2.75, 3.05) is 0 Å². The summed E-state index contributed by atoms with van der Waals surface area (Å²) in [6.07, 6.45) is 14.6. The first-order valence-corrected chi connectivity index (χ1v) is 19.9. The minimum atomic E-state index is 0.233. The molecule has 254 valence electrons. The van der Waals surface area contributed by atoms with E-state index in [1.54, 1.807) is 11.1 Å². The van der Waals surface area contributed by atoms with Crippen molar-refractivity contribution < 1.29 is 0 Å². The molecule has 0 heterocycles. The molecule has 0 amide bonds. The summed E-state index contributed by atoms with van der Waals surface area (Å²) in [4.78, 5) is 0. The zero-order valence-electron chi connectivity index (χ0n) is 31.6. The van der Waals surface area contributed by atoms with Crippen LogP contribution >= 0.6 is 0 Å². The molecule has 6 rings (SSSR count). The molecule has 0 aliphatic heterocycles. The van der Waals surface area contributed by atoms with Crippen molar-refractivity contribution in [2.45, 2.75) is 156 Å². The Morgan fingerprint density at radius 2 is 0.848 bits per heavy atom. The number of benzene rings is 2. The Labute approximate surface area is 285 Å². The molecule has 0 N–H and O–H groups in total. The topological polar surface area (TPSA) is 0 Å².